The summed E-state index contributed by atoms with van der Waals surface area (Å²) in [6.07, 6.45) is -4.59. The van der Waals surface area contributed by atoms with E-state index in [1.54, 1.807) is 0 Å². The van der Waals surface area contributed by atoms with Crippen LogP contribution in [-0.4, -0.2) is 105 Å². The Labute approximate surface area is 302 Å². The van der Waals surface area contributed by atoms with Gasteiger partial charge in [-0.25, -0.2) is 0 Å². The molecule has 2 aliphatic heterocycles. The number of rotatable bonds is 7. The molecule has 0 spiro atoms. The van der Waals surface area contributed by atoms with Crippen LogP contribution in [0.2, 0.25) is 0 Å². The molecule has 292 valence electrons. The van der Waals surface area contributed by atoms with E-state index in [0.29, 0.717) is 18.8 Å². The van der Waals surface area contributed by atoms with Crippen molar-refractivity contribution < 1.29 is 59.2 Å². The first-order valence-corrected chi connectivity index (χ1v) is 18.6. The molecule has 3 unspecified atom stereocenters. The quantitative estimate of drug-likeness (QED) is 0.127. The number of carboxylic acids is 1. The van der Waals surface area contributed by atoms with Crippen LogP contribution >= 0.6 is 0 Å². The lowest BCUT2D eigenvalue weighted by Crippen LogP contribution is -2.73. The molecule has 6 N–H and O–H groups in total. The second-order valence-corrected chi connectivity index (χ2v) is 18.0. The highest BCUT2D eigenvalue weighted by Gasteiger charge is 2.74. The van der Waals surface area contributed by atoms with Crippen molar-refractivity contribution in [3.05, 3.63) is 11.6 Å². The number of carboxylic acid groups (broad SMARTS) is 1. The van der Waals surface area contributed by atoms with Gasteiger partial charge >= 0.3 is 11.9 Å². The van der Waals surface area contributed by atoms with Gasteiger partial charge in [-0.3, -0.25) is 9.59 Å². The molecular formula is C39H64O12. The van der Waals surface area contributed by atoms with Crippen LogP contribution in [-0.2, 0) is 28.5 Å². The van der Waals surface area contributed by atoms with Gasteiger partial charge in [0.2, 0.25) is 0 Å². The van der Waals surface area contributed by atoms with Gasteiger partial charge in [-0.15, -0.1) is 0 Å². The van der Waals surface area contributed by atoms with Crippen molar-refractivity contribution >= 4 is 11.9 Å². The summed E-state index contributed by atoms with van der Waals surface area (Å²) in [6.45, 7) is 15.8. The second kappa shape index (κ2) is 13.6. The summed E-state index contributed by atoms with van der Waals surface area (Å²) in [4.78, 5) is 26.1. The normalized spacial score (nSPS) is 51.2. The number of esters is 1. The Morgan fingerprint density at radius 2 is 1.65 bits per heavy atom. The third kappa shape index (κ3) is 5.59. The monoisotopic (exact) mass is 724 g/mol. The third-order valence-electron chi connectivity index (χ3n) is 15.6. The molecule has 51 heavy (non-hydrogen) atoms. The summed E-state index contributed by atoms with van der Waals surface area (Å²) in [5.41, 5.74) is -2.15. The number of aliphatic carboxylic acids is 1. The molecule has 6 rings (SSSR count). The molecule has 6 aliphatic rings. The summed E-state index contributed by atoms with van der Waals surface area (Å²) in [6, 6.07) is 0. The smallest absolute Gasteiger partial charge is 0.307 e. The maximum absolute atomic E-state index is 13.4. The van der Waals surface area contributed by atoms with Crippen molar-refractivity contribution in [3.8, 4) is 0 Å². The van der Waals surface area contributed by atoms with Crippen LogP contribution in [0, 0.1) is 56.7 Å². The molecule has 12 heteroatoms. The highest BCUT2D eigenvalue weighted by atomic mass is 16.7. The number of ether oxygens (including phenoxy) is 4. The molecule has 0 aromatic carbocycles. The summed E-state index contributed by atoms with van der Waals surface area (Å²) in [5.74, 6) is -1.61. The zero-order valence-corrected chi connectivity index (χ0v) is 30.9. The minimum atomic E-state index is -1.65. The van der Waals surface area contributed by atoms with E-state index in [4.69, 9.17) is 18.9 Å². The zero-order valence-electron chi connectivity index (χ0n) is 30.9. The average molecular weight is 725 g/mol. The average Bonchev–Trinajstić information content (AvgIpc) is 3.04. The molecular weight excluding hydrogens is 660 g/mol. The van der Waals surface area contributed by atoms with Crippen LogP contribution in [0.1, 0.15) is 101 Å². The van der Waals surface area contributed by atoms with Gasteiger partial charge in [0.05, 0.1) is 19.1 Å². The Kier molecular flexibility index (Phi) is 10.8. The van der Waals surface area contributed by atoms with E-state index in [-0.39, 0.29) is 38.2 Å². The van der Waals surface area contributed by atoms with Crippen LogP contribution in [0.5, 0.6) is 0 Å². The largest absolute Gasteiger partial charge is 0.481 e. The molecule has 3 saturated carbocycles. The number of fused-ring (bicyclic) bond motifs is 3. The SMILES string of the molecule is C.CC(=O)O[C@@H]1C[C@]23C4=CC[C@@]5(C)[C@H](C(=O)O)[C@@](C)([C@H](C)C(C)C)CC[C@]5(C)[C@H]4CC[C@H]2[C@](C)(COC3O)[C@H]1O[C@@H]1OC(CO)[C@@H](O)[C@H](O)C1O. The zero-order chi connectivity index (χ0) is 36.9. The topological polar surface area (TPSA) is 192 Å². The Balaban J connectivity index is 0.00000504. The lowest BCUT2D eigenvalue weighted by Gasteiger charge is -2.71. The van der Waals surface area contributed by atoms with E-state index in [9.17, 15) is 40.2 Å². The Morgan fingerprint density at radius 3 is 2.24 bits per heavy atom. The van der Waals surface area contributed by atoms with Gasteiger partial charge in [-0.1, -0.05) is 67.5 Å². The Morgan fingerprint density at radius 1 is 0.980 bits per heavy atom. The molecule has 2 saturated heterocycles. The van der Waals surface area contributed by atoms with Crippen LogP contribution in [0.25, 0.3) is 0 Å². The van der Waals surface area contributed by atoms with Crippen LogP contribution in [0.15, 0.2) is 11.6 Å². The highest BCUT2D eigenvalue weighted by Crippen LogP contribution is 2.75. The number of aliphatic hydroxyl groups excluding tert-OH is 5. The number of carbonyl (C=O) groups excluding carboxylic acids is 1. The molecule has 0 aromatic heterocycles. The number of hydrogen-bond donors (Lipinski definition) is 6. The number of hydrogen-bond acceptors (Lipinski definition) is 11. The van der Waals surface area contributed by atoms with Gasteiger partial charge in [0, 0.05) is 24.2 Å². The van der Waals surface area contributed by atoms with Gasteiger partial charge in [0.1, 0.15) is 36.6 Å². The van der Waals surface area contributed by atoms with Crippen molar-refractivity contribution in [2.45, 2.75) is 151 Å². The Bertz CT molecular complexity index is 1370. The standard InChI is InChI=1S/C38H60O12.CH4/c1-18(2)19(3)34(5)13-14-36(7)21-9-10-25-35(6)17-47-33(46)38(25,22(21)11-12-37(36,8)29(34)31(44)45)15-23(48-20(4)40)30(35)50-32-28(43)27(42)26(41)24(16-39)49-32;/h11,18-19,21,23-30,32-33,39,41-43,46H,9-10,12-17H2,1-8H3,(H,44,45);1H4/t19-,21+,23-,24?,25+,26-,27+,28?,29-,30+,32+,33?,34-,35+,36-,37+,38+;/m1./s1. The lowest BCUT2D eigenvalue weighted by atomic mass is 9.34. The first-order valence-electron chi connectivity index (χ1n) is 18.6. The number of aliphatic hydroxyl groups is 5. The fraction of sp³-hybridized carbons (Fsp3) is 0.897. The molecule has 0 radical (unpaired) electrons. The summed E-state index contributed by atoms with van der Waals surface area (Å²) < 4.78 is 24.5. The molecule has 5 fully saturated rings. The van der Waals surface area contributed by atoms with Gasteiger partial charge in [0.25, 0.3) is 0 Å². The summed E-state index contributed by atoms with van der Waals surface area (Å²) in [7, 11) is 0. The molecule has 2 heterocycles. The minimum absolute atomic E-state index is 0. The van der Waals surface area contributed by atoms with Gasteiger partial charge < -0.3 is 49.6 Å². The minimum Gasteiger partial charge on any atom is -0.481 e. The van der Waals surface area contributed by atoms with Crippen LogP contribution in [0.4, 0.5) is 0 Å². The fourth-order valence-corrected chi connectivity index (χ4v) is 12.5. The molecule has 12 nitrogen and oxygen atoms in total. The number of carbonyl (C=O) groups is 2. The van der Waals surface area contributed by atoms with Crippen molar-refractivity contribution in [2.24, 2.45) is 56.7 Å². The first kappa shape index (κ1) is 40.5. The van der Waals surface area contributed by atoms with Crippen molar-refractivity contribution in [1.82, 2.24) is 0 Å². The molecule has 4 aliphatic carbocycles. The molecule has 2 bridgehead atoms. The summed E-state index contributed by atoms with van der Waals surface area (Å²) >= 11 is 0. The van der Waals surface area contributed by atoms with Crippen LogP contribution < -0.4 is 0 Å². The van der Waals surface area contributed by atoms with Crippen LogP contribution in [0.3, 0.4) is 0 Å². The van der Waals surface area contributed by atoms with E-state index >= 15 is 0 Å². The van der Waals surface area contributed by atoms with E-state index in [0.717, 1.165) is 24.8 Å². The number of allylic oxidation sites excluding steroid dienone is 1. The maximum Gasteiger partial charge on any atom is 0.307 e. The maximum atomic E-state index is 13.4. The van der Waals surface area contributed by atoms with Crippen molar-refractivity contribution in [1.29, 1.82) is 0 Å². The predicted octanol–water partition coefficient (Wildman–Crippen LogP) is 3.65. The van der Waals surface area contributed by atoms with Crippen molar-refractivity contribution in [2.75, 3.05) is 13.2 Å². The van der Waals surface area contributed by atoms with Crippen molar-refractivity contribution in [3.63, 3.8) is 0 Å². The molecule has 17 atom stereocenters. The third-order valence-corrected chi connectivity index (χ3v) is 15.6. The van der Waals surface area contributed by atoms with E-state index < -0.39 is 101 Å². The summed E-state index contributed by atoms with van der Waals surface area (Å²) in [5, 5.41) is 64.6. The van der Waals surface area contributed by atoms with E-state index in [1.165, 1.54) is 6.92 Å². The molecule has 0 aromatic rings. The second-order valence-electron chi connectivity index (χ2n) is 18.0. The lowest BCUT2D eigenvalue weighted by molar-refractivity contribution is -0.369. The van der Waals surface area contributed by atoms with Gasteiger partial charge in [-0.05, 0) is 72.0 Å². The fourth-order valence-electron chi connectivity index (χ4n) is 12.5. The van der Waals surface area contributed by atoms with E-state index in [1.807, 2.05) is 6.92 Å². The predicted molar refractivity (Wildman–Crippen MR) is 186 cm³/mol. The Hall–Kier alpha value is -1.64. The van der Waals surface area contributed by atoms with Gasteiger partial charge in [0.15, 0.2) is 12.6 Å². The highest BCUT2D eigenvalue weighted by molar-refractivity contribution is 5.73. The molecule has 0 amide bonds. The first-order chi connectivity index (χ1) is 23.2. The van der Waals surface area contributed by atoms with E-state index in [2.05, 4.69) is 47.6 Å². The van der Waals surface area contributed by atoms with Gasteiger partial charge in [-0.2, -0.15) is 0 Å².